The van der Waals surface area contributed by atoms with Crippen LogP contribution in [0.5, 0.6) is 0 Å². The van der Waals surface area contributed by atoms with Gasteiger partial charge >= 0.3 is 0 Å². The molecule has 17 heavy (non-hydrogen) atoms. The minimum absolute atomic E-state index is 0.208. The summed E-state index contributed by atoms with van der Waals surface area (Å²) in [7, 11) is 0. The van der Waals surface area contributed by atoms with Crippen LogP contribution in [0.2, 0.25) is 0 Å². The van der Waals surface area contributed by atoms with Crippen molar-refractivity contribution in [3.63, 3.8) is 0 Å². The standard InChI is InChI=1S/C13H13N3O/c1-10(15-9-13-6-7-17-16-13)12-4-2-11(8-14)3-5-12/h2-7,10,15H,9H2,1H3. The van der Waals surface area contributed by atoms with Gasteiger partial charge in [0.15, 0.2) is 0 Å². The first-order valence-corrected chi connectivity index (χ1v) is 5.42. The number of hydrogen-bond donors (Lipinski definition) is 1. The lowest BCUT2D eigenvalue weighted by molar-refractivity contribution is 0.406. The molecular formula is C13H13N3O. The third-order valence-electron chi connectivity index (χ3n) is 2.62. The van der Waals surface area contributed by atoms with Gasteiger partial charge in [0.2, 0.25) is 0 Å². The summed E-state index contributed by atoms with van der Waals surface area (Å²) >= 11 is 0. The Morgan fingerprint density at radius 1 is 1.35 bits per heavy atom. The first-order chi connectivity index (χ1) is 8.29. The molecule has 4 nitrogen and oxygen atoms in total. The molecule has 1 aromatic heterocycles. The summed E-state index contributed by atoms with van der Waals surface area (Å²) < 4.78 is 4.76. The molecule has 0 aliphatic carbocycles. The van der Waals surface area contributed by atoms with Gasteiger partial charge < -0.3 is 9.84 Å². The molecule has 0 amide bonds. The Bertz CT molecular complexity index is 496. The van der Waals surface area contributed by atoms with Crippen LogP contribution in [0.3, 0.4) is 0 Å². The highest BCUT2D eigenvalue weighted by atomic mass is 16.5. The van der Waals surface area contributed by atoms with Gasteiger partial charge in [-0.2, -0.15) is 5.26 Å². The minimum Gasteiger partial charge on any atom is -0.364 e. The van der Waals surface area contributed by atoms with Crippen LogP contribution >= 0.6 is 0 Å². The molecule has 0 fully saturated rings. The van der Waals surface area contributed by atoms with Crippen molar-refractivity contribution in [1.29, 1.82) is 5.26 Å². The van der Waals surface area contributed by atoms with E-state index in [9.17, 15) is 0 Å². The largest absolute Gasteiger partial charge is 0.364 e. The average molecular weight is 227 g/mol. The van der Waals surface area contributed by atoms with Crippen molar-refractivity contribution >= 4 is 0 Å². The van der Waals surface area contributed by atoms with E-state index in [-0.39, 0.29) is 6.04 Å². The first kappa shape index (κ1) is 11.4. The van der Waals surface area contributed by atoms with E-state index in [4.69, 9.17) is 9.78 Å². The molecule has 1 aromatic carbocycles. The maximum absolute atomic E-state index is 8.71. The maximum atomic E-state index is 8.71. The van der Waals surface area contributed by atoms with Gasteiger partial charge in [-0.3, -0.25) is 0 Å². The molecule has 0 saturated heterocycles. The SMILES string of the molecule is CC(NCc1ccon1)c1ccc(C#N)cc1. The fraction of sp³-hybridized carbons (Fsp3) is 0.231. The molecular weight excluding hydrogens is 214 g/mol. The van der Waals surface area contributed by atoms with Gasteiger partial charge in [-0.1, -0.05) is 17.3 Å². The van der Waals surface area contributed by atoms with Gasteiger partial charge in [0.25, 0.3) is 0 Å². The Morgan fingerprint density at radius 2 is 2.12 bits per heavy atom. The molecule has 2 aromatic rings. The highest BCUT2D eigenvalue weighted by Crippen LogP contribution is 2.13. The summed E-state index contributed by atoms with van der Waals surface area (Å²) in [5.74, 6) is 0. The highest BCUT2D eigenvalue weighted by Gasteiger charge is 2.05. The second-order valence-electron chi connectivity index (χ2n) is 3.83. The predicted octanol–water partition coefficient (Wildman–Crippen LogP) is 2.40. The van der Waals surface area contributed by atoms with Crippen LogP contribution in [0, 0.1) is 11.3 Å². The van der Waals surface area contributed by atoms with E-state index in [1.807, 2.05) is 30.3 Å². The molecule has 0 aliphatic rings. The van der Waals surface area contributed by atoms with Crippen molar-refractivity contribution in [1.82, 2.24) is 10.5 Å². The lowest BCUT2D eigenvalue weighted by atomic mass is 10.1. The van der Waals surface area contributed by atoms with E-state index in [1.54, 1.807) is 6.26 Å². The third kappa shape index (κ3) is 2.92. The predicted molar refractivity (Wildman–Crippen MR) is 62.9 cm³/mol. The van der Waals surface area contributed by atoms with Crippen LogP contribution in [0.25, 0.3) is 0 Å². The number of hydrogen-bond acceptors (Lipinski definition) is 4. The first-order valence-electron chi connectivity index (χ1n) is 5.42. The molecule has 0 saturated carbocycles. The minimum atomic E-state index is 0.208. The van der Waals surface area contributed by atoms with Gasteiger partial charge in [0, 0.05) is 18.7 Å². The summed E-state index contributed by atoms with van der Waals surface area (Å²) in [6.45, 7) is 2.74. The van der Waals surface area contributed by atoms with E-state index >= 15 is 0 Å². The summed E-state index contributed by atoms with van der Waals surface area (Å²) in [6, 6.07) is 11.7. The summed E-state index contributed by atoms with van der Waals surface area (Å²) in [5, 5.41) is 15.9. The number of rotatable bonds is 4. The van der Waals surface area contributed by atoms with E-state index < -0.39 is 0 Å². The third-order valence-corrected chi connectivity index (χ3v) is 2.62. The van der Waals surface area contributed by atoms with Gasteiger partial charge in [-0.05, 0) is 24.6 Å². The van der Waals surface area contributed by atoms with E-state index in [0.717, 1.165) is 11.3 Å². The van der Waals surface area contributed by atoms with Crippen molar-refractivity contribution in [3.05, 3.63) is 53.4 Å². The van der Waals surface area contributed by atoms with Crippen molar-refractivity contribution in [2.45, 2.75) is 19.5 Å². The van der Waals surface area contributed by atoms with Gasteiger partial charge in [0.1, 0.15) is 6.26 Å². The van der Waals surface area contributed by atoms with Crippen molar-refractivity contribution in [2.24, 2.45) is 0 Å². The fourth-order valence-electron chi connectivity index (χ4n) is 1.55. The zero-order valence-corrected chi connectivity index (χ0v) is 9.55. The van der Waals surface area contributed by atoms with Gasteiger partial charge in [0.05, 0.1) is 17.3 Å². The number of benzene rings is 1. The molecule has 0 aliphatic heterocycles. The monoisotopic (exact) mass is 227 g/mol. The normalized spacial score (nSPS) is 12.0. The average Bonchev–Trinajstić information content (AvgIpc) is 2.89. The highest BCUT2D eigenvalue weighted by molar-refractivity contribution is 5.32. The van der Waals surface area contributed by atoms with Gasteiger partial charge in [-0.25, -0.2) is 0 Å². The molecule has 1 heterocycles. The number of aromatic nitrogens is 1. The molecule has 2 rings (SSSR count). The zero-order chi connectivity index (χ0) is 12.1. The van der Waals surface area contributed by atoms with Crippen molar-refractivity contribution < 1.29 is 4.52 Å². The molecule has 86 valence electrons. The molecule has 1 N–H and O–H groups in total. The molecule has 0 radical (unpaired) electrons. The lowest BCUT2D eigenvalue weighted by Crippen LogP contribution is -2.18. The maximum Gasteiger partial charge on any atom is 0.124 e. The number of nitrogens with zero attached hydrogens (tertiary/aromatic N) is 2. The smallest absolute Gasteiger partial charge is 0.124 e. The zero-order valence-electron chi connectivity index (χ0n) is 9.55. The van der Waals surface area contributed by atoms with E-state index in [0.29, 0.717) is 12.1 Å². The number of nitrogens with one attached hydrogen (secondary N) is 1. The molecule has 0 bridgehead atoms. The van der Waals surface area contributed by atoms with Gasteiger partial charge in [-0.15, -0.1) is 0 Å². The second-order valence-corrected chi connectivity index (χ2v) is 3.83. The second kappa shape index (κ2) is 5.28. The Morgan fingerprint density at radius 3 is 2.71 bits per heavy atom. The summed E-state index contributed by atoms with van der Waals surface area (Å²) in [6.07, 6.45) is 1.56. The van der Waals surface area contributed by atoms with Crippen LogP contribution < -0.4 is 5.32 Å². The lowest BCUT2D eigenvalue weighted by Gasteiger charge is -2.12. The molecule has 1 unspecified atom stereocenters. The number of nitriles is 1. The summed E-state index contributed by atoms with van der Waals surface area (Å²) in [4.78, 5) is 0. The van der Waals surface area contributed by atoms with Crippen molar-refractivity contribution in [3.8, 4) is 6.07 Å². The molecule has 4 heteroatoms. The Balaban J connectivity index is 1.95. The fourth-order valence-corrected chi connectivity index (χ4v) is 1.55. The molecule has 0 spiro atoms. The van der Waals surface area contributed by atoms with Crippen LogP contribution in [0.4, 0.5) is 0 Å². The topological polar surface area (TPSA) is 61.9 Å². The summed E-state index contributed by atoms with van der Waals surface area (Å²) in [5.41, 5.74) is 2.70. The molecule has 1 atom stereocenters. The van der Waals surface area contributed by atoms with E-state index in [2.05, 4.69) is 23.5 Å². The Kier molecular flexibility index (Phi) is 3.53. The van der Waals surface area contributed by atoms with Crippen molar-refractivity contribution in [2.75, 3.05) is 0 Å². The Labute approximate surface area is 99.9 Å². The van der Waals surface area contributed by atoms with Crippen LogP contribution in [-0.4, -0.2) is 5.16 Å². The quantitative estimate of drug-likeness (QED) is 0.871. The van der Waals surface area contributed by atoms with E-state index in [1.165, 1.54) is 0 Å². The van der Waals surface area contributed by atoms with Crippen LogP contribution in [0.1, 0.15) is 29.8 Å². The Hall–Kier alpha value is -2.12. The van der Waals surface area contributed by atoms with Crippen LogP contribution in [0.15, 0.2) is 41.1 Å². The van der Waals surface area contributed by atoms with Crippen LogP contribution in [-0.2, 0) is 6.54 Å².